The van der Waals surface area contributed by atoms with E-state index in [4.69, 9.17) is 17.0 Å². The van der Waals surface area contributed by atoms with Crippen LogP contribution in [0, 0.1) is 18.3 Å². The number of nitrogens with zero attached hydrogens (tertiary/aromatic N) is 2. The van der Waals surface area contributed by atoms with E-state index in [2.05, 4.69) is 16.7 Å². The van der Waals surface area contributed by atoms with Gasteiger partial charge in [0.2, 0.25) is 0 Å². The van der Waals surface area contributed by atoms with E-state index in [9.17, 15) is 10.1 Å². The Morgan fingerprint density at radius 2 is 2.23 bits per heavy atom. The molecule has 2 N–H and O–H groups in total. The normalized spacial score (nSPS) is 17.6. The second kappa shape index (κ2) is 6.20. The van der Waals surface area contributed by atoms with Gasteiger partial charge in [0.05, 0.1) is 18.2 Å². The van der Waals surface area contributed by atoms with Crippen molar-refractivity contribution < 1.29 is 9.53 Å². The van der Waals surface area contributed by atoms with Crippen LogP contribution in [-0.4, -0.2) is 22.3 Å². The first-order chi connectivity index (χ1) is 10.4. The molecule has 116 valence electrons. The molecule has 1 atom stereocenters. The average Bonchev–Trinajstić information content (AvgIpc) is 2.74. The number of carbonyl (C=O) groups excluding carboxylic acids is 1. The van der Waals surface area contributed by atoms with Gasteiger partial charge in [0, 0.05) is 24.0 Å². The van der Waals surface area contributed by atoms with E-state index in [1.54, 1.807) is 24.5 Å². The molecular formula is C15H18N4O2S. The summed E-state index contributed by atoms with van der Waals surface area (Å²) in [7, 11) is 1.82. The fourth-order valence-corrected chi connectivity index (χ4v) is 2.80. The third-order valence-corrected chi connectivity index (χ3v) is 3.98. The highest BCUT2D eigenvalue weighted by molar-refractivity contribution is 7.80. The summed E-state index contributed by atoms with van der Waals surface area (Å²) in [4.78, 5) is 12.3. The quantitative estimate of drug-likeness (QED) is 0.650. The molecule has 2 heterocycles. The van der Waals surface area contributed by atoms with Crippen LogP contribution in [0.15, 0.2) is 17.3 Å². The summed E-state index contributed by atoms with van der Waals surface area (Å²) in [6.45, 7) is 5.75. The molecule has 0 unspecified atom stereocenters. The van der Waals surface area contributed by atoms with Gasteiger partial charge in [0.25, 0.3) is 0 Å². The number of hydrogen-bond acceptors (Lipinski definition) is 4. The lowest BCUT2D eigenvalue weighted by Crippen LogP contribution is -2.45. The van der Waals surface area contributed by atoms with Crippen LogP contribution in [0.4, 0.5) is 0 Å². The van der Waals surface area contributed by atoms with Crippen LogP contribution < -0.4 is 10.6 Å². The van der Waals surface area contributed by atoms with E-state index in [-0.39, 0.29) is 0 Å². The summed E-state index contributed by atoms with van der Waals surface area (Å²) in [5.41, 5.74) is 3.40. The smallest absolute Gasteiger partial charge is 0.338 e. The average molecular weight is 318 g/mol. The fourth-order valence-electron chi connectivity index (χ4n) is 2.53. The highest BCUT2D eigenvalue weighted by Gasteiger charge is 2.33. The third kappa shape index (κ3) is 2.70. The molecule has 2 rings (SSSR count). The Balaban J connectivity index is 2.56. The zero-order valence-corrected chi connectivity index (χ0v) is 13.8. The van der Waals surface area contributed by atoms with Crippen LogP contribution in [0.25, 0.3) is 0 Å². The van der Waals surface area contributed by atoms with Gasteiger partial charge in [0.15, 0.2) is 5.11 Å². The third-order valence-electron chi connectivity index (χ3n) is 3.76. The minimum Gasteiger partial charge on any atom is -0.463 e. The molecule has 0 bridgehead atoms. The maximum absolute atomic E-state index is 12.3. The van der Waals surface area contributed by atoms with Crippen LogP contribution in [0.5, 0.6) is 0 Å². The minimum atomic E-state index is -0.430. The Bertz CT molecular complexity index is 712. The molecule has 0 radical (unpaired) electrons. The lowest BCUT2D eigenvalue weighted by atomic mass is 9.96. The summed E-state index contributed by atoms with van der Waals surface area (Å²) in [6, 6.07) is 3.48. The van der Waals surface area contributed by atoms with Crippen molar-refractivity contribution in [1.29, 1.82) is 5.26 Å². The highest BCUT2D eigenvalue weighted by atomic mass is 32.1. The number of rotatable bonds is 3. The van der Waals surface area contributed by atoms with Crippen LogP contribution in [-0.2, 0) is 16.6 Å². The topological polar surface area (TPSA) is 79.1 Å². The molecular weight excluding hydrogens is 300 g/mol. The molecule has 1 aromatic heterocycles. The number of allylic oxidation sites excluding steroid dienone is 1. The van der Waals surface area contributed by atoms with E-state index in [0.29, 0.717) is 28.7 Å². The largest absolute Gasteiger partial charge is 0.463 e. The fraction of sp³-hybridized carbons (Fsp3) is 0.400. The van der Waals surface area contributed by atoms with Crippen molar-refractivity contribution in [3.05, 3.63) is 34.3 Å². The summed E-state index contributed by atoms with van der Waals surface area (Å²) in [5, 5.41) is 15.7. The van der Waals surface area contributed by atoms with Crippen molar-refractivity contribution in [3.8, 4) is 6.07 Å². The maximum Gasteiger partial charge on any atom is 0.338 e. The van der Waals surface area contributed by atoms with E-state index in [0.717, 1.165) is 11.3 Å². The second-order valence-corrected chi connectivity index (χ2v) is 5.44. The van der Waals surface area contributed by atoms with Crippen LogP contribution >= 0.6 is 12.2 Å². The molecule has 22 heavy (non-hydrogen) atoms. The van der Waals surface area contributed by atoms with Crippen LogP contribution in [0.3, 0.4) is 0 Å². The van der Waals surface area contributed by atoms with Crippen molar-refractivity contribution in [2.75, 3.05) is 6.61 Å². The number of thiocarbonyl (C=S) groups is 1. The number of hydrogen-bond donors (Lipinski definition) is 2. The standard InChI is InChI=1S/C15H18N4O2S/c1-5-21-14(20)12-8(2)17-15(22)18-13(12)11-6-10(7-16)19(4)9(11)3/h6,13H,5H2,1-4H3,(H2,17,18,22)/t13-/m1/s1. The molecule has 0 aliphatic carbocycles. The van der Waals surface area contributed by atoms with Crippen molar-refractivity contribution in [2.24, 2.45) is 7.05 Å². The molecule has 6 nitrogen and oxygen atoms in total. The number of esters is 1. The predicted octanol–water partition coefficient (Wildman–Crippen LogP) is 1.56. The summed E-state index contributed by atoms with van der Waals surface area (Å²) < 4.78 is 6.94. The zero-order chi connectivity index (χ0) is 16.4. The van der Waals surface area contributed by atoms with Gasteiger partial charge in [-0.15, -0.1) is 0 Å². The number of ether oxygens (including phenoxy) is 1. The number of aromatic nitrogens is 1. The van der Waals surface area contributed by atoms with Crippen LogP contribution in [0.2, 0.25) is 0 Å². The lowest BCUT2D eigenvalue weighted by Gasteiger charge is -2.29. The van der Waals surface area contributed by atoms with Crippen molar-refractivity contribution >= 4 is 23.3 Å². The molecule has 0 saturated carbocycles. The summed E-state index contributed by atoms with van der Waals surface area (Å²) >= 11 is 5.19. The summed E-state index contributed by atoms with van der Waals surface area (Å²) in [6.07, 6.45) is 0. The predicted molar refractivity (Wildman–Crippen MR) is 85.8 cm³/mol. The maximum atomic E-state index is 12.3. The van der Waals surface area contributed by atoms with Crippen molar-refractivity contribution in [1.82, 2.24) is 15.2 Å². The van der Waals surface area contributed by atoms with Gasteiger partial charge >= 0.3 is 5.97 Å². The van der Waals surface area contributed by atoms with Gasteiger partial charge in [-0.1, -0.05) is 0 Å². The Morgan fingerprint density at radius 1 is 1.55 bits per heavy atom. The van der Waals surface area contributed by atoms with E-state index < -0.39 is 12.0 Å². The number of nitriles is 1. The first-order valence-electron chi connectivity index (χ1n) is 6.92. The monoisotopic (exact) mass is 318 g/mol. The lowest BCUT2D eigenvalue weighted by molar-refractivity contribution is -0.139. The summed E-state index contributed by atoms with van der Waals surface area (Å²) in [5.74, 6) is -0.394. The molecule has 1 aliphatic rings. The molecule has 0 amide bonds. The molecule has 7 heteroatoms. The van der Waals surface area contributed by atoms with Gasteiger partial charge in [-0.2, -0.15) is 5.26 Å². The molecule has 0 saturated heterocycles. The molecule has 0 aromatic carbocycles. The Hall–Kier alpha value is -2.33. The molecule has 0 spiro atoms. The van der Waals surface area contributed by atoms with E-state index in [1.807, 2.05) is 14.0 Å². The Kier molecular flexibility index (Phi) is 4.52. The zero-order valence-electron chi connectivity index (χ0n) is 13.0. The molecule has 1 aliphatic heterocycles. The first kappa shape index (κ1) is 16.0. The van der Waals surface area contributed by atoms with E-state index >= 15 is 0 Å². The molecule has 1 aromatic rings. The van der Waals surface area contributed by atoms with Gasteiger partial charge in [-0.25, -0.2) is 4.79 Å². The minimum absolute atomic E-state index is 0.296. The van der Waals surface area contributed by atoms with Gasteiger partial charge < -0.3 is 19.9 Å². The Labute approximate surface area is 134 Å². The Morgan fingerprint density at radius 3 is 2.77 bits per heavy atom. The van der Waals surface area contributed by atoms with Gasteiger partial charge in [-0.05, 0) is 39.1 Å². The van der Waals surface area contributed by atoms with Gasteiger partial charge in [-0.3, -0.25) is 0 Å². The van der Waals surface area contributed by atoms with E-state index in [1.165, 1.54) is 0 Å². The number of nitrogens with one attached hydrogen (secondary N) is 2. The second-order valence-electron chi connectivity index (χ2n) is 5.03. The highest BCUT2D eigenvalue weighted by Crippen LogP contribution is 2.31. The van der Waals surface area contributed by atoms with Crippen LogP contribution in [0.1, 0.15) is 36.8 Å². The van der Waals surface area contributed by atoms with Gasteiger partial charge in [0.1, 0.15) is 11.8 Å². The SMILES string of the molecule is CCOC(=O)C1=C(C)NC(=S)N[C@@H]1c1cc(C#N)n(C)c1C. The molecule has 0 fully saturated rings. The first-order valence-corrected chi connectivity index (χ1v) is 7.33. The van der Waals surface area contributed by atoms with Crippen molar-refractivity contribution in [3.63, 3.8) is 0 Å². The number of carbonyl (C=O) groups is 1. The van der Waals surface area contributed by atoms with Crippen molar-refractivity contribution in [2.45, 2.75) is 26.8 Å².